The van der Waals surface area contributed by atoms with Crippen LogP contribution in [0.3, 0.4) is 0 Å². The van der Waals surface area contributed by atoms with Crippen molar-refractivity contribution in [2.24, 2.45) is 0 Å². The number of hydrogen-bond donors (Lipinski definition) is 0. The van der Waals surface area contributed by atoms with E-state index in [0.717, 1.165) is 45.1 Å². The molecule has 2 aromatic carbocycles. The fourth-order valence-corrected chi connectivity index (χ4v) is 4.03. The van der Waals surface area contributed by atoms with Gasteiger partial charge in [0.15, 0.2) is 0 Å². The zero-order chi connectivity index (χ0) is 19.4. The van der Waals surface area contributed by atoms with Crippen LogP contribution < -0.4 is 4.74 Å². The number of carbonyl (C=O) groups is 2. The molecule has 0 aliphatic carbocycles. The molecule has 1 aliphatic rings. The lowest BCUT2D eigenvalue weighted by atomic mass is 10.1. The minimum Gasteiger partial charge on any atom is -0.492 e. The van der Waals surface area contributed by atoms with E-state index in [-0.39, 0.29) is 11.1 Å². The van der Waals surface area contributed by atoms with Crippen LogP contribution in [0.5, 0.6) is 5.75 Å². The number of hydrogen-bond acceptors (Lipinski definition) is 4. The Morgan fingerprint density at radius 1 is 1.19 bits per heavy atom. The number of thioether (sulfide) groups is 1. The largest absolute Gasteiger partial charge is 0.492 e. The highest BCUT2D eigenvalue weighted by atomic mass is 79.9. The van der Waals surface area contributed by atoms with Gasteiger partial charge in [-0.3, -0.25) is 14.5 Å². The van der Waals surface area contributed by atoms with Gasteiger partial charge >= 0.3 is 0 Å². The molecule has 3 rings (SSSR count). The van der Waals surface area contributed by atoms with Crippen molar-refractivity contribution in [2.75, 3.05) is 6.61 Å². The molecule has 0 spiro atoms. The smallest absolute Gasteiger partial charge is 0.293 e. The summed E-state index contributed by atoms with van der Waals surface area (Å²) in [5.41, 5.74) is 2.88. The molecule has 1 saturated heterocycles. The molecular weight excluding hydrogens is 426 g/mol. The molecule has 0 saturated carbocycles. The normalized spacial score (nSPS) is 15.7. The molecule has 0 aromatic heterocycles. The second kappa shape index (κ2) is 8.76. The molecule has 0 bridgehead atoms. The third-order valence-electron chi connectivity index (χ3n) is 4.18. The van der Waals surface area contributed by atoms with Crippen LogP contribution in [0.15, 0.2) is 51.8 Å². The summed E-state index contributed by atoms with van der Waals surface area (Å²) in [6.07, 6.45) is 2.68. The second-order valence-corrected chi connectivity index (χ2v) is 8.08. The minimum absolute atomic E-state index is 0.239. The van der Waals surface area contributed by atoms with Gasteiger partial charge in [0.25, 0.3) is 11.1 Å². The summed E-state index contributed by atoms with van der Waals surface area (Å²) >= 11 is 4.47. The first-order valence-electron chi connectivity index (χ1n) is 8.72. The Hall–Kier alpha value is -2.05. The second-order valence-electron chi connectivity index (χ2n) is 6.23. The molecule has 1 aliphatic heterocycles. The summed E-state index contributed by atoms with van der Waals surface area (Å²) in [6.45, 7) is 4.97. The van der Waals surface area contributed by atoms with E-state index in [4.69, 9.17) is 4.74 Å². The molecule has 0 atom stereocenters. The fourth-order valence-electron chi connectivity index (χ4n) is 2.68. The van der Waals surface area contributed by atoms with Crippen molar-refractivity contribution in [3.8, 4) is 5.75 Å². The highest BCUT2D eigenvalue weighted by Gasteiger charge is 2.35. The van der Waals surface area contributed by atoms with Crippen molar-refractivity contribution in [1.29, 1.82) is 0 Å². The molecule has 2 aromatic rings. The number of imide groups is 1. The van der Waals surface area contributed by atoms with E-state index in [1.165, 1.54) is 4.90 Å². The maximum absolute atomic E-state index is 12.7. The average molecular weight is 446 g/mol. The molecule has 140 valence electrons. The fraction of sp³-hybridized carbons (Fsp3) is 0.238. The van der Waals surface area contributed by atoms with E-state index in [9.17, 15) is 9.59 Å². The summed E-state index contributed by atoms with van der Waals surface area (Å²) in [4.78, 5) is 26.8. The van der Waals surface area contributed by atoms with Crippen molar-refractivity contribution in [1.82, 2.24) is 4.90 Å². The molecule has 0 unspecified atom stereocenters. The van der Waals surface area contributed by atoms with Crippen molar-refractivity contribution >= 4 is 44.9 Å². The Balaban J connectivity index is 1.78. The Kier molecular flexibility index (Phi) is 6.39. The lowest BCUT2D eigenvalue weighted by molar-refractivity contribution is -0.123. The first-order valence-corrected chi connectivity index (χ1v) is 10.3. The Bertz CT molecular complexity index is 910. The molecule has 0 radical (unpaired) electrons. The third kappa shape index (κ3) is 4.62. The first-order chi connectivity index (χ1) is 13.0. The standard InChI is InChI=1S/C21H20BrNO3S/c1-3-10-26-18-9-8-15(11-17(18)22)12-19-20(24)23(21(25)27-19)13-16-7-5-4-6-14(16)2/h4-9,11-12H,3,10,13H2,1-2H3/b19-12-. The Morgan fingerprint density at radius 2 is 1.96 bits per heavy atom. The van der Waals surface area contributed by atoms with Crippen LogP contribution in [-0.4, -0.2) is 22.7 Å². The first kappa shape index (κ1) is 19.7. The molecule has 0 N–H and O–H groups in total. The van der Waals surface area contributed by atoms with Crippen LogP contribution >= 0.6 is 27.7 Å². The zero-order valence-corrected chi connectivity index (χ0v) is 17.6. The van der Waals surface area contributed by atoms with Gasteiger partial charge in [-0.25, -0.2) is 0 Å². The van der Waals surface area contributed by atoms with Gasteiger partial charge in [0, 0.05) is 0 Å². The summed E-state index contributed by atoms with van der Waals surface area (Å²) in [6, 6.07) is 13.4. The van der Waals surface area contributed by atoms with Crippen molar-refractivity contribution in [3.63, 3.8) is 0 Å². The number of rotatable bonds is 6. The molecule has 6 heteroatoms. The van der Waals surface area contributed by atoms with Crippen LogP contribution in [0.2, 0.25) is 0 Å². The number of carbonyl (C=O) groups excluding carboxylic acids is 2. The van der Waals surface area contributed by atoms with E-state index in [1.54, 1.807) is 6.08 Å². The number of halogens is 1. The topological polar surface area (TPSA) is 46.6 Å². The van der Waals surface area contributed by atoms with Crippen LogP contribution in [0.25, 0.3) is 6.08 Å². The zero-order valence-electron chi connectivity index (χ0n) is 15.2. The quantitative estimate of drug-likeness (QED) is 0.528. The van der Waals surface area contributed by atoms with E-state index in [1.807, 2.05) is 49.4 Å². The van der Waals surface area contributed by atoms with Gasteiger partial charge in [0.1, 0.15) is 5.75 Å². The number of aryl methyl sites for hydroxylation is 1. The summed E-state index contributed by atoms with van der Waals surface area (Å²) in [5.74, 6) is 0.511. The van der Waals surface area contributed by atoms with Gasteiger partial charge in [-0.05, 0) is 75.9 Å². The van der Waals surface area contributed by atoms with Crippen LogP contribution in [0.4, 0.5) is 4.79 Å². The van der Waals surface area contributed by atoms with E-state index in [0.29, 0.717) is 18.1 Å². The summed E-state index contributed by atoms with van der Waals surface area (Å²) in [5, 5.41) is -0.239. The van der Waals surface area contributed by atoms with Crippen LogP contribution in [0, 0.1) is 6.92 Å². The average Bonchev–Trinajstić information content (AvgIpc) is 2.90. The summed E-state index contributed by atoms with van der Waals surface area (Å²) < 4.78 is 6.46. The number of nitrogens with zero attached hydrogens (tertiary/aromatic N) is 1. The lowest BCUT2D eigenvalue weighted by Gasteiger charge is -2.14. The molecule has 2 amide bonds. The van der Waals surface area contributed by atoms with Gasteiger partial charge in [-0.2, -0.15) is 0 Å². The molecule has 1 fully saturated rings. The van der Waals surface area contributed by atoms with Gasteiger partial charge < -0.3 is 4.74 Å². The summed E-state index contributed by atoms with van der Waals surface area (Å²) in [7, 11) is 0. The lowest BCUT2D eigenvalue weighted by Crippen LogP contribution is -2.27. The van der Waals surface area contributed by atoms with E-state index in [2.05, 4.69) is 22.9 Å². The minimum atomic E-state index is -0.254. The Morgan fingerprint density at radius 3 is 2.67 bits per heavy atom. The predicted molar refractivity (Wildman–Crippen MR) is 113 cm³/mol. The van der Waals surface area contributed by atoms with Crippen molar-refractivity contribution in [2.45, 2.75) is 26.8 Å². The number of benzene rings is 2. The maximum Gasteiger partial charge on any atom is 0.293 e. The predicted octanol–water partition coefficient (Wildman–Crippen LogP) is 5.78. The van der Waals surface area contributed by atoms with Crippen LogP contribution in [-0.2, 0) is 11.3 Å². The van der Waals surface area contributed by atoms with Gasteiger partial charge in [-0.15, -0.1) is 0 Å². The van der Waals surface area contributed by atoms with Crippen molar-refractivity contribution in [3.05, 3.63) is 68.5 Å². The third-order valence-corrected chi connectivity index (χ3v) is 5.71. The number of amides is 2. The Labute approximate surface area is 171 Å². The van der Waals surface area contributed by atoms with Crippen molar-refractivity contribution < 1.29 is 14.3 Å². The highest BCUT2D eigenvalue weighted by Crippen LogP contribution is 2.35. The monoisotopic (exact) mass is 445 g/mol. The van der Waals surface area contributed by atoms with Gasteiger partial charge in [0.2, 0.25) is 0 Å². The van der Waals surface area contributed by atoms with E-state index >= 15 is 0 Å². The SMILES string of the molecule is CCCOc1ccc(/C=C2\SC(=O)N(Cc3ccccc3C)C2=O)cc1Br. The molecule has 27 heavy (non-hydrogen) atoms. The van der Waals surface area contributed by atoms with E-state index < -0.39 is 0 Å². The maximum atomic E-state index is 12.7. The van der Waals surface area contributed by atoms with Gasteiger partial charge in [0.05, 0.1) is 22.5 Å². The van der Waals surface area contributed by atoms with Crippen LogP contribution in [0.1, 0.15) is 30.0 Å². The number of ether oxygens (including phenoxy) is 1. The molecule has 4 nitrogen and oxygen atoms in total. The highest BCUT2D eigenvalue weighted by molar-refractivity contribution is 9.10. The van der Waals surface area contributed by atoms with Gasteiger partial charge in [-0.1, -0.05) is 37.3 Å². The molecular formula is C21H20BrNO3S. The molecule has 1 heterocycles.